The third-order valence-electron chi connectivity index (χ3n) is 2.36. The van der Waals surface area contributed by atoms with E-state index in [0.29, 0.717) is 5.41 Å². The van der Waals surface area contributed by atoms with Gasteiger partial charge in [-0.2, -0.15) is 0 Å². The minimum Gasteiger partial charge on any atom is -0.316 e. The van der Waals surface area contributed by atoms with E-state index >= 15 is 0 Å². The quantitative estimate of drug-likeness (QED) is 0.527. The molecule has 0 amide bonds. The lowest BCUT2D eigenvalue weighted by molar-refractivity contribution is 0.310. The predicted octanol–water partition coefficient (Wildman–Crippen LogP) is 2.34. The van der Waals surface area contributed by atoms with Crippen molar-refractivity contribution in [2.75, 3.05) is 13.1 Å². The molecule has 0 bridgehead atoms. The fourth-order valence-corrected chi connectivity index (χ4v) is 1.67. The van der Waals surface area contributed by atoms with Crippen molar-refractivity contribution in [3.63, 3.8) is 0 Å². The number of rotatable bonds is 0. The van der Waals surface area contributed by atoms with Crippen LogP contribution in [-0.2, 0) is 0 Å². The molecule has 1 aliphatic rings. The average molecular weight is 153 g/mol. The molecule has 1 rings (SSSR count). The molecule has 0 spiro atoms. The maximum atomic E-state index is 4.07. The molecule has 64 valence electrons. The lowest BCUT2D eigenvalue weighted by atomic mass is 9.81. The summed E-state index contributed by atoms with van der Waals surface area (Å²) in [4.78, 5) is 0. The highest BCUT2D eigenvalue weighted by molar-refractivity contribution is 5.00. The van der Waals surface area contributed by atoms with Gasteiger partial charge in [0.25, 0.3) is 0 Å². The fourth-order valence-electron chi connectivity index (χ4n) is 1.67. The van der Waals surface area contributed by atoms with Crippen LogP contribution in [0.25, 0.3) is 0 Å². The minimum absolute atomic E-state index is 0.463. The van der Waals surface area contributed by atoms with Crippen LogP contribution in [0.3, 0.4) is 0 Å². The van der Waals surface area contributed by atoms with Crippen molar-refractivity contribution >= 4 is 0 Å². The average Bonchev–Trinajstić information content (AvgIpc) is 1.82. The zero-order valence-corrected chi connectivity index (χ0v) is 7.74. The van der Waals surface area contributed by atoms with Crippen LogP contribution in [-0.4, -0.2) is 13.1 Å². The van der Waals surface area contributed by atoms with Crippen LogP contribution >= 0.6 is 0 Å². The number of nitrogens with one attached hydrogen (secondary N) is 1. The van der Waals surface area contributed by atoms with E-state index in [2.05, 4.69) is 25.7 Å². The van der Waals surface area contributed by atoms with Gasteiger partial charge in [0, 0.05) is 0 Å². The van der Waals surface area contributed by atoms with E-state index in [4.69, 9.17) is 0 Å². The van der Waals surface area contributed by atoms with Crippen LogP contribution in [0, 0.1) is 5.41 Å². The number of hydrogen-bond donors (Lipinski definition) is 1. The molecule has 0 radical (unpaired) electrons. The molecule has 1 heterocycles. The molecule has 1 saturated heterocycles. The van der Waals surface area contributed by atoms with Crippen LogP contribution in [0.5, 0.6) is 0 Å². The molecule has 1 heteroatoms. The van der Waals surface area contributed by atoms with Crippen molar-refractivity contribution in [3.05, 3.63) is 12.2 Å². The molecule has 1 aliphatic heterocycles. The minimum atomic E-state index is 0.463. The topological polar surface area (TPSA) is 12.0 Å². The van der Waals surface area contributed by atoms with E-state index in [1.165, 1.54) is 25.0 Å². The van der Waals surface area contributed by atoms with E-state index < -0.39 is 0 Å². The molecule has 0 aromatic heterocycles. The molecule has 0 unspecified atom stereocenters. The van der Waals surface area contributed by atoms with Crippen molar-refractivity contribution in [3.8, 4) is 0 Å². The lowest BCUT2D eigenvalue weighted by Crippen LogP contribution is -2.27. The van der Waals surface area contributed by atoms with E-state index in [9.17, 15) is 0 Å². The van der Waals surface area contributed by atoms with Gasteiger partial charge in [-0.15, -0.1) is 0 Å². The van der Waals surface area contributed by atoms with E-state index in [-0.39, 0.29) is 0 Å². The molecule has 0 aromatic carbocycles. The Kier molecular flexibility index (Phi) is 2.72. The van der Waals surface area contributed by atoms with Crippen molar-refractivity contribution in [2.45, 2.75) is 33.1 Å². The summed E-state index contributed by atoms with van der Waals surface area (Å²) in [6.07, 6.45) is 3.63. The molecule has 1 nitrogen and oxygen atoms in total. The van der Waals surface area contributed by atoms with Gasteiger partial charge in [0.2, 0.25) is 0 Å². The summed E-state index contributed by atoms with van der Waals surface area (Å²) in [6.45, 7) is 11.0. The molecule has 0 aromatic rings. The Balaban J connectivity index is 2.49. The van der Waals surface area contributed by atoms with Gasteiger partial charge in [-0.25, -0.2) is 0 Å². The van der Waals surface area contributed by atoms with Gasteiger partial charge in [-0.05, 0) is 37.8 Å². The Morgan fingerprint density at radius 2 is 2.09 bits per heavy atom. The molecule has 0 saturated carbocycles. The van der Waals surface area contributed by atoms with Gasteiger partial charge < -0.3 is 5.32 Å². The van der Waals surface area contributed by atoms with Crippen LogP contribution in [0.15, 0.2) is 12.2 Å². The molecule has 0 aliphatic carbocycles. The van der Waals surface area contributed by atoms with Crippen LogP contribution in [0.2, 0.25) is 0 Å². The first kappa shape index (κ1) is 8.79. The monoisotopic (exact) mass is 153 g/mol. The van der Waals surface area contributed by atoms with Crippen LogP contribution in [0.4, 0.5) is 0 Å². The second-order valence-corrected chi connectivity index (χ2v) is 4.34. The van der Waals surface area contributed by atoms with Crippen molar-refractivity contribution in [2.24, 2.45) is 5.41 Å². The normalized spacial score (nSPS) is 25.8. The SMILES string of the molecule is C=C1CCNCCC(C)(C)C1. The first-order chi connectivity index (χ1) is 5.10. The van der Waals surface area contributed by atoms with E-state index in [0.717, 1.165) is 13.0 Å². The van der Waals surface area contributed by atoms with Crippen molar-refractivity contribution in [1.82, 2.24) is 5.32 Å². The molecular weight excluding hydrogens is 134 g/mol. The molecule has 0 atom stereocenters. The second-order valence-electron chi connectivity index (χ2n) is 4.34. The maximum Gasteiger partial charge on any atom is -0.00117 e. The van der Waals surface area contributed by atoms with Crippen molar-refractivity contribution < 1.29 is 0 Å². The van der Waals surface area contributed by atoms with E-state index in [1.54, 1.807) is 0 Å². The second kappa shape index (κ2) is 3.40. The van der Waals surface area contributed by atoms with Gasteiger partial charge in [-0.1, -0.05) is 26.0 Å². The lowest BCUT2D eigenvalue weighted by Gasteiger charge is -2.28. The summed E-state index contributed by atoms with van der Waals surface area (Å²) in [5.74, 6) is 0. The van der Waals surface area contributed by atoms with Gasteiger partial charge in [-0.3, -0.25) is 0 Å². The Hall–Kier alpha value is -0.300. The van der Waals surface area contributed by atoms with Gasteiger partial charge in [0.05, 0.1) is 0 Å². The van der Waals surface area contributed by atoms with Gasteiger partial charge in [0.15, 0.2) is 0 Å². The Labute approximate surface area is 69.9 Å². The molecular formula is C10H19N. The smallest absolute Gasteiger partial charge is 0.00117 e. The highest BCUT2D eigenvalue weighted by Crippen LogP contribution is 2.29. The number of hydrogen-bond acceptors (Lipinski definition) is 1. The highest BCUT2D eigenvalue weighted by Gasteiger charge is 2.19. The zero-order valence-electron chi connectivity index (χ0n) is 7.74. The first-order valence-corrected chi connectivity index (χ1v) is 4.47. The Bertz CT molecular complexity index is 147. The molecule has 11 heavy (non-hydrogen) atoms. The van der Waals surface area contributed by atoms with Crippen molar-refractivity contribution in [1.29, 1.82) is 0 Å². The fraction of sp³-hybridized carbons (Fsp3) is 0.800. The highest BCUT2D eigenvalue weighted by atomic mass is 14.8. The van der Waals surface area contributed by atoms with Gasteiger partial charge >= 0.3 is 0 Å². The summed E-state index contributed by atoms with van der Waals surface area (Å²) in [6, 6.07) is 0. The Morgan fingerprint density at radius 1 is 1.36 bits per heavy atom. The molecule has 1 N–H and O–H groups in total. The van der Waals surface area contributed by atoms with Crippen LogP contribution in [0.1, 0.15) is 33.1 Å². The third kappa shape index (κ3) is 3.06. The summed E-state index contributed by atoms with van der Waals surface area (Å²) >= 11 is 0. The third-order valence-corrected chi connectivity index (χ3v) is 2.36. The maximum absolute atomic E-state index is 4.07. The summed E-state index contributed by atoms with van der Waals surface area (Å²) in [5, 5.41) is 3.41. The Morgan fingerprint density at radius 3 is 2.82 bits per heavy atom. The zero-order chi connectivity index (χ0) is 8.32. The predicted molar refractivity (Wildman–Crippen MR) is 49.6 cm³/mol. The summed E-state index contributed by atoms with van der Waals surface area (Å²) in [5.41, 5.74) is 1.87. The standard InChI is InChI=1S/C10H19N/c1-9-4-6-11-7-5-10(2,3)8-9/h11H,1,4-8H2,2-3H3. The summed E-state index contributed by atoms with van der Waals surface area (Å²) < 4.78 is 0. The summed E-state index contributed by atoms with van der Waals surface area (Å²) in [7, 11) is 0. The van der Waals surface area contributed by atoms with Crippen LogP contribution < -0.4 is 5.32 Å². The largest absolute Gasteiger partial charge is 0.316 e. The van der Waals surface area contributed by atoms with E-state index in [1.807, 2.05) is 0 Å². The van der Waals surface area contributed by atoms with Gasteiger partial charge in [0.1, 0.15) is 0 Å². The first-order valence-electron chi connectivity index (χ1n) is 4.47. The molecule has 1 fully saturated rings.